The van der Waals surface area contributed by atoms with Gasteiger partial charge in [-0.25, -0.2) is 4.98 Å². The van der Waals surface area contributed by atoms with Crippen LogP contribution in [0.25, 0.3) is 0 Å². The van der Waals surface area contributed by atoms with E-state index in [-0.39, 0.29) is 5.91 Å². The third kappa shape index (κ3) is 5.06. The average molecular weight is 369 g/mol. The summed E-state index contributed by atoms with van der Waals surface area (Å²) < 4.78 is 1.84. The first-order valence-electron chi connectivity index (χ1n) is 9.22. The summed E-state index contributed by atoms with van der Waals surface area (Å²) in [5.74, 6) is 1.81. The Bertz CT molecular complexity index is 797. The Kier molecular flexibility index (Phi) is 6.05. The molecule has 1 atom stereocenters. The SMILES string of the molecule is CN=C(NCCC(=O)Nc1ccc(C)cn1)N1CCC(c2cnn(C)c2)C1. The van der Waals surface area contributed by atoms with Crippen LogP contribution in [0.15, 0.2) is 35.7 Å². The third-order valence-electron chi connectivity index (χ3n) is 4.71. The van der Waals surface area contributed by atoms with Gasteiger partial charge in [-0.3, -0.25) is 14.5 Å². The molecule has 1 unspecified atom stereocenters. The molecule has 0 aromatic carbocycles. The smallest absolute Gasteiger partial charge is 0.227 e. The van der Waals surface area contributed by atoms with E-state index < -0.39 is 0 Å². The summed E-state index contributed by atoms with van der Waals surface area (Å²) in [6.45, 7) is 4.34. The first-order valence-corrected chi connectivity index (χ1v) is 9.22. The molecule has 1 aliphatic rings. The minimum absolute atomic E-state index is 0.0658. The minimum atomic E-state index is -0.0658. The van der Waals surface area contributed by atoms with Gasteiger partial charge in [-0.2, -0.15) is 5.10 Å². The summed E-state index contributed by atoms with van der Waals surface area (Å²) in [6, 6.07) is 3.73. The standard InChI is InChI=1S/C19H27N7O/c1-14-4-5-17(22-10-14)24-18(27)6-8-21-19(20-2)26-9-7-15(13-26)16-11-23-25(3)12-16/h4-5,10-12,15H,6-9,13H2,1-3H3,(H,20,21)(H,22,24,27). The van der Waals surface area contributed by atoms with Crippen LogP contribution >= 0.6 is 0 Å². The second-order valence-corrected chi connectivity index (χ2v) is 6.87. The van der Waals surface area contributed by atoms with Crippen LogP contribution in [0, 0.1) is 6.92 Å². The topological polar surface area (TPSA) is 87.4 Å². The number of rotatable bonds is 5. The van der Waals surface area contributed by atoms with Gasteiger partial charge >= 0.3 is 0 Å². The van der Waals surface area contributed by atoms with Crippen molar-refractivity contribution in [1.29, 1.82) is 0 Å². The van der Waals surface area contributed by atoms with Gasteiger partial charge in [0.25, 0.3) is 0 Å². The van der Waals surface area contributed by atoms with Gasteiger partial charge in [-0.15, -0.1) is 0 Å². The molecule has 1 aliphatic heterocycles. The van der Waals surface area contributed by atoms with Crippen molar-refractivity contribution in [3.8, 4) is 0 Å². The Morgan fingerprint density at radius 1 is 1.37 bits per heavy atom. The first-order chi connectivity index (χ1) is 13.0. The van der Waals surface area contributed by atoms with E-state index >= 15 is 0 Å². The molecule has 3 rings (SSSR count). The van der Waals surface area contributed by atoms with Crippen molar-refractivity contribution < 1.29 is 4.79 Å². The van der Waals surface area contributed by atoms with Crippen LogP contribution in [-0.2, 0) is 11.8 Å². The quantitative estimate of drug-likeness (QED) is 0.616. The second-order valence-electron chi connectivity index (χ2n) is 6.87. The molecule has 0 radical (unpaired) electrons. The zero-order valence-corrected chi connectivity index (χ0v) is 16.1. The number of hydrogen-bond acceptors (Lipinski definition) is 4. The molecule has 0 saturated carbocycles. The molecule has 1 fully saturated rings. The molecule has 27 heavy (non-hydrogen) atoms. The number of carbonyl (C=O) groups excluding carboxylic acids is 1. The highest BCUT2D eigenvalue weighted by Gasteiger charge is 2.26. The van der Waals surface area contributed by atoms with E-state index in [9.17, 15) is 4.79 Å². The van der Waals surface area contributed by atoms with E-state index in [4.69, 9.17) is 0 Å². The van der Waals surface area contributed by atoms with Crippen molar-refractivity contribution in [2.75, 3.05) is 32.0 Å². The fourth-order valence-electron chi connectivity index (χ4n) is 3.24. The van der Waals surface area contributed by atoms with Crippen molar-refractivity contribution in [3.05, 3.63) is 41.9 Å². The lowest BCUT2D eigenvalue weighted by atomic mass is 10.0. The number of aryl methyl sites for hydroxylation is 2. The lowest BCUT2D eigenvalue weighted by molar-refractivity contribution is -0.116. The summed E-state index contributed by atoms with van der Waals surface area (Å²) in [5, 5.41) is 10.4. The van der Waals surface area contributed by atoms with E-state index in [2.05, 4.69) is 36.8 Å². The molecule has 1 amide bonds. The maximum Gasteiger partial charge on any atom is 0.227 e. The Hall–Kier alpha value is -2.90. The number of amides is 1. The highest BCUT2D eigenvalue weighted by Crippen LogP contribution is 2.26. The van der Waals surface area contributed by atoms with Gasteiger partial charge in [0.15, 0.2) is 5.96 Å². The number of carbonyl (C=O) groups is 1. The summed E-state index contributed by atoms with van der Waals surface area (Å²) in [6.07, 6.45) is 7.18. The van der Waals surface area contributed by atoms with Gasteiger partial charge in [-0.1, -0.05) is 6.07 Å². The lowest BCUT2D eigenvalue weighted by Crippen LogP contribution is -2.41. The third-order valence-corrected chi connectivity index (χ3v) is 4.71. The number of guanidine groups is 1. The van der Waals surface area contributed by atoms with E-state index in [0.717, 1.165) is 31.0 Å². The Morgan fingerprint density at radius 3 is 2.89 bits per heavy atom. The molecule has 3 heterocycles. The maximum absolute atomic E-state index is 12.1. The Balaban J connectivity index is 1.44. The predicted molar refractivity (Wildman–Crippen MR) is 106 cm³/mol. The summed E-state index contributed by atoms with van der Waals surface area (Å²) in [7, 11) is 3.71. The zero-order chi connectivity index (χ0) is 19.2. The maximum atomic E-state index is 12.1. The number of hydrogen-bond donors (Lipinski definition) is 2. The number of aromatic nitrogens is 3. The van der Waals surface area contributed by atoms with Crippen LogP contribution in [0.2, 0.25) is 0 Å². The van der Waals surface area contributed by atoms with Crippen molar-refractivity contribution >= 4 is 17.7 Å². The van der Waals surface area contributed by atoms with Crippen molar-refractivity contribution in [2.45, 2.75) is 25.7 Å². The van der Waals surface area contributed by atoms with E-state index in [1.165, 1.54) is 5.56 Å². The van der Waals surface area contributed by atoms with Gasteiger partial charge in [0.05, 0.1) is 6.20 Å². The molecule has 2 aromatic rings. The summed E-state index contributed by atoms with van der Waals surface area (Å²) >= 11 is 0. The van der Waals surface area contributed by atoms with Crippen molar-refractivity contribution in [3.63, 3.8) is 0 Å². The predicted octanol–water partition coefficient (Wildman–Crippen LogP) is 1.52. The highest BCUT2D eigenvalue weighted by atomic mass is 16.1. The molecule has 2 aromatic heterocycles. The van der Waals surface area contributed by atoms with Crippen LogP contribution in [-0.4, -0.2) is 58.2 Å². The number of nitrogens with zero attached hydrogens (tertiary/aromatic N) is 5. The van der Waals surface area contributed by atoms with Gasteiger partial charge in [0.2, 0.25) is 5.91 Å². The van der Waals surface area contributed by atoms with E-state index in [1.807, 2.05) is 37.0 Å². The van der Waals surface area contributed by atoms with Crippen molar-refractivity contribution in [2.24, 2.45) is 12.0 Å². The Morgan fingerprint density at radius 2 is 2.22 bits per heavy atom. The normalized spacial score (nSPS) is 17.2. The molecule has 0 spiro atoms. The molecule has 8 heteroatoms. The number of pyridine rings is 1. The van der Waals surface area contributed by atoms with E-state index in [0.29, 0.717) is 24.7 Å². The number of anilines is 1. The lowest BCUT2D eigenvalue weighted by Gasteiger charge is -2.21. The minimum Gasteiger partial charge on any atom is -0.356 e. The number of likely N-dealkylation sites (tertiary alicyclic amines) is 1. The molecule has 8 nitrogen and oxygen atoms in total. The monoisotopic (exact) mass is 369 g/mol. The number of nitrogens with one attached hydrogen (secondary N) is 2. The van der Waals surface area contributed by atoms with Gasteiger partial charge in [0, 0.05) is 58.5 Å². The molecule has 0 bridgehead atoms. The molecule has 144 valence electrons. The molecule has 1 saturated heterocycles. The fourth-order valence-corrected chi connectivity index (χ4v) is 3.24. The average Bonchev–Trinajstić information content (AvgIpc) is 3.30. The fraction of sp³-hybridized carbons (Fsp3) is 0.474. The number of aliphatic imine (C=N–C) groups is 1. The molecular weight excluding hydrogens is 342 g/mol. The van der Waals surface area contributed by atoms with Crippen LogP contribution < -0.4 is 10.6 Å². The van der Waals surface area contributed by atoms with Crippen LogP contribution in [0.5, 0.6) is 0 Å². The van der Waals surface area contributed by atoms with E-state index in [1.54, 1.807) is 13.2 Å². The molecular formula is C19H27N7O. The van der Waals surface area contributed by atoms with Gasteiger partial charge < -0.3 is 15.5 Å². The van der Waals surface area contributed by atoms with Crippen LogP contribution in [0.1, 0.15) is 29.9 Å². The summed E-state index contributed by atoms with van der Waals surface area (Å²) in [4.78, 5) is 22.9. The molecule has 2 N–H and O–H groups in total. The van der Waals surface area contributed by atoms with Crippen LogP contribution in [0.4, 0.5) is 5.82 Å². The zero-order valence-electron chi connectivity index (χ0n) is 16.1. The van der Waals surface area contributed by atoms with Gasteiger partial charge in [0.1, 0.15) is 5.82 Å². The van der Waals surface area contributed by atoms with Crippen LogP contribution in [0.3, 0.4) is 0 Å². The second kappa shape index (κ2) is 8.66. The molecule has 0 aliphatic carbocycles. The van der Waals surface area contributed by atoms with Gasteiger partial charge in [-0.05, 0) is 30.5 Å². The van der Waals surface area contributed by atoms with Crippen molar-refractivity contribution in [1.82, 2.24) is 25.0 Å². The largest absolute Gasteiger partial charge is 0.356 e. The summed E-state index contributed by atoms with van der Waals surface area (Å²) in [5.41, 5.74) is 2.33. The Labute approximate surface area is 159 Å². The first kappa shape index (κ1) is 18.9. The highest BCUT2D eigenvalue weighted by molar-refractivity contribution is 5.90.